The van der Waals surface area contributed by atoms with Gasteiger partial charge in [0.1, 0.15) is 0 Å². The van der Waals surface area contributed by atoms with E-state index in [1.807, 2.05) is 12.4 Å². The lowest BCUT2D eigenvalue weighted by Gasteiger charge is -2.20. The summed E-state index contributed by atoms with van der Waals surface area (Å²) >= 11 is 2.21. The van der Waals surface area contributed by atoms with Crippen molar-refractivity contribution in [3.63, 3.8) is 0 Å². The molecule has 0 aliphatic heterocycles. The van der Waals surface area contributed by atoms with Gasteiger partial charge in [-0.1, -0.05) is 0 Å². The number of rotatable bonds is 4. The third-order valence-corrected chi connectivity index (χ3v) is 2.78. The molecule has 1 heterocycles. The molecule has 1 aromatic heterocycles. The Morgan fingerprint density at radius 2 is 2.07 bits per heavy atom. The summed E-state index contributed by atoms with van der Waals surface area (Å²) < 4.78 is 1.06. The van der Waals surface area contributed by atoms with Gasteiger partial charge in [0, 0.05) is 35.1 Å². The SMILES string of the molecule is NCCN(c1ncc(I)cn1)C1CC1. The Bertz CT molecular complexity index is 296. The minimum absolute atomic E-state index is 0.624. The van der Waals surface area contributed by atoms with Crippen LogP contribution in [0.4, 0.5) is 5.95 Å². The molecule has 5 heteroatoms. The topological polar surface area (TPSA) is 55.0 Å². The first-order valence-electron chi connectivity index (χ1n) is 4.75. The fourth-order valence-corrected chi connectivity index (χ4v) is 1.70. The van der Waals surface area contributed by atoms with E-state index in [4.69, 9.17) is 5.73 Å². The normalized spacial score (nSPS) is 15.6. The Morgan fingerprint density at radius 1 is 1.43 bits per heavy atom. The van der Waals surface area contributed by atoms with Crippen molar-refractivity contribution in [3.8, 4) is 0 Å². The first-order chi connectivity index (χ1) is 6.81. The lowest BCUT2D eigenvalue weighted by Crippen LogP contribution is -2.32. The summed E-state index contributed by atoms with van der Waals surface area (Å²) in [5.41, 5.74) is 5.56. The maximum atomic E-state index is 5.56. The molecular formula is C9H13IN4. The summed E-state index contributed by atoms with van der Waals surface area (Å²) in [7, 11) is 0. The van der Waals surface area contributed by atoms with Crippen molar-refractivity contribution >= 4 is 28.5 Å². The van der Waals surface area contributed by atoms with Crippen molar-refractivity contribution in [2.24, 2.45) is 5.73 Å². The number of halogens is 1. The average Bonchev–Trinajstić information content (AvgIpc) is 2.99. The van der Waals surface area contributed by atoms with Crippen LogP contribution >= 0.6 is 22.6 Å². The lowest BCUT2D eigenvalue weighted by molar-refractivity contribution is 0.753. The van der Waals surface area contributed by atoms with Crippen LogP contribution in [0.15, 0.2) is 12.4 Å². The third-order valence-electron chi connectivity index (χ3n) is 2.22. The van der Waals surface area contributed by atoms with Crippen molar-refractivity contribution in [1.82, 2.24) is 9.97 Å². The molecule has 1 aromatic rings. The standard InChI is InChI=1S/C9H13IN4/c10-7-5-12-9(13-6-7)14(4-3-11)8-1-2-8/h5-6,8H,1-4,11H2. The number of hydrogen-bond acceptors (Lipinski definition) is 4. The second-order valence-electron chi connectivity index (χ2n) is 3.41. The molecule has 0 saturated heterocycles. The Labute approximate surface area is 97.1 Å². The van der Waals surface area contributed by atoms with Crippen molar-refractivity contribution in [2.45, 2.75) is 18.9 Å². The summed E-state index contributed by atoms with van der Waals surface area (Å²) in [5, 5.41) is 0. The summed E-state index contributed by atoms with van der Waals surface area (Å²) in [4.78, 5) is 10.8. The van der Waals surface area contributed by atoms with E-state index in [0.717, 1.165) is 16.1 Å². The van der Waals surface area contributed by atoms with E-state index in [2.05, 4.69) is 37.5 Å². The fourth-order valence-electron chi connectivity index (χ4n) is 1.42. The van der Waals surface area contributed by atoms with E-state index < -0.39 is 0 Å². The molecule has 1 aliphatic rings. The molecule has 2 rings (SSSR count). The van der Waals surface area contributed by atoms with Gasteiger partial charge >= 0.3 is 0 Å². The maximum Gasteiger partial charge on any atom is 0.225 e. The molecule has 2 N–H and O–H groups in total. The van der Waals surface area contributed by atoms with Crippen LogP contribution in [-0.2, 0) is 0 Å². The number of nitrogens with two attached hydrogens (primary N) is 1. The van der Waals surface area contributed by atoms with Crippen molar-refractivity contribution < 1.29 is 0 Å². The van der Waals surface area contributed by atoms with Crippen molar-refractivity contribution in [1.29, 1.82) is 0 Å². The molecule has 0 amide bonds. The Hall–Kier alpha value is -0.430. The van der Waals surface area contributed by atoms with Gasteiger partial charge in [0.25, 0.3) is 0 Å². The number of nitrogens with zero attached hydrogens (tertiary/aromatic N) is 3. The van der Waals surface area contributed by atoms with Crippen LogP contribution in [0.2, 0.25) is 0 Å². The number of hydrogen-bond donors (Lipinski definition) is 1. The molecule has 0 bridgehead atoms. The van der Waals surface area contributed by atoms with Crippen molar-refractivity contribution in [2.75, 3.05) is 18.0 Å². The van der Waals surface area contributed by atoms with Gasteiger partial charge in [-0.05, 0) is 35.4 Å². The minimum Gasteiger partial charge on any atom is -0.337 e. The molecule has 0 spiro atoms. The van der Waals surface area contributed by atoms with Crippen LogP contribution in [-0.4, -0.2) is 29.1 Å². The van der Waals surface area contributed by atoms with Crippen LogP contribution in [0.3, 0.4) is 0 Å². The smallest absolute Gasteiger partial charge is 0.225 e. The maximum absolute atomic E-state index is 5.56. The summed E-state index contributed by atoms with van der Waals surface area (Å²) in [5.74, 6) is 0.818. The summed E-state index contributed by atoms with van der Waals surface area (Å²) in [6.45, 7) is 1.51. The predicted octanol–water partition coefficient (Wildman–Crippen LogP) is 1.01. The van der Waals surface area contributed by atoms with Gasteiger partial charge in [0.2, 0.25) is 5.95 Å². The molecule has 1 saturated carbocycles. The fraction of sp³-hybridized carbons (Fsp3) is 0.556. The second kappa shape index (κ2) is 4.39. The largest absolute Gasteiger partial charge is 0.337 e. The highest BCUT2D eigenvalue weighted by Crippen LogP contribution is 2.29. The van der Waals surface area contributed by atoms with E-state index in [1.54, 1.807) is 0 Å². The van der Waals surface area contributed by atoms with Crippen molar-refractivity contribution in [3.05, 3.63) is 16.0 Å². The second-order valence-corrected chi connectivity index (χ2v) is 4.66. The summed E-state index contributed by atoms with van der Waals surface area (Å²) in [6, 6.07) is 0.624. The van der Waals surface area contributed by atoms with Gasteiger partial charge in [0.05, 0.1) is 0 Å². The number of anilines is 1. The van der Waals surface area contributed by atoms with E-state index in [1.165, 1.54) is 12.8 Å². The van der Waals surface area contributed by atoms with Gasteiger partial charge in [-0.25, -0.2) is 9.97 Å². The number of aromatic nitrogens is 2. The van der Waals surface area contributed by atoms with Gasteiger partial charge < -0.3 is 10.6 Å². The molecule has 0 unspecified atom stereocenters. The molecule has 0 atom stereocenters. The lowest BCUT2D eigenvalue weighted by atomic mass is 10.5. The van der Waals surface area contributed by atoms with Crippen LogP contribution in [0.5, 0.6) is 0 Å². The van der Waals surface area contributed by atoms with Crippen LogP contribution < -0.4 is 10.6 Å². The first-order valence-corrected chi connectivity index (χ1v) is 5.83. The molecule has 1 fully saturated rings. The van der Waals surface area contributed by atoms with E-state index in [0.29, 0.717) is 12.6 Å². The zero-order chi connectivity index (χ0) is 9.97. The molecule has 0 aromatic carbocycles. The van der Waals surface area contributed by atoms with Gasteiger partial charge in [0.15, 0.2) is 0 Å². The Balaban J connectivity index is 2.13. The average molecular weight is 304 g/mol. The third kappa shape index (κ3) is 2.33. The van der Waals surface area contributed by atoms with Crippen LogP contribution in [0.1, 0.15) is 12.8 Å². The summed E-state index contributed by atoms with van der Waals surface area (Å²) in [6.07, 6.45) is 6.17. The highest BCUT2D eigenvalue weighted by molar-refractivity contribution is 14.1. The highest BCUT2D eigenvalue weighted by Gasteiger charge is 2.30. The Kier molecular flexibility index (Phi) is 3.17. The van der Waals surface area contributed by atoms with Crippen LogP contribution in [0, 0.1) is 3.57 Å². The first kappa shape index (κ1) is 10.1. The highest BCUT2D eigenvalue weighted by atomic mass is 127. The van der Waals surface area contributed by atoms with Crippen LogP contribution in [0.25, 0.3) is 0 Å². The molecule has 4 nitrogen and oxygen atoms in total. The zero-order valence-electron chi connectivity index (χ0n) is 7.86. The monoisotopic (exact) mass is 304 g/mol. The molecular weight excluding hydrogens is 291 g/mol. The quantitative estimate of drug-likeness (QED) is 0.844. The van der Waals surface area contributed by atoms with Gasteiger partial charge in [-0.15, -0.1) is 0 Å². The van der Waals surface area contributed by atoms with E-state index >= 15 is 0 Å². The molecule has 0 radical (unpaired) electrons. The van der Waals surface area contributed by atoms with Gasteiger partial charge in [-0.2, -0.15) is 0 Å². The molecule has 14 heavy (non-hydrogen) atoms. The van der Waals surface area contributed by atoms with E-state index in [9.17, 15) is 0 Å². The van der Waals surface area contributed by atoms with E-state index in [-0.39, 0.29) is 0 Å². The predicted molar refractivity (Wildman–Crippen MR) is 64.2 cm³/mol. The Morgan fingerprint density at radius 3 is 2.57 bits per heavy atom. The van der Waals surface area contributed by atoms with Gasteiger partial charge in [-0.3, -0.25) is 0 Å². The molecule has 1 aliphatic carbocycles. The molecule has 76 valence electrons. The zero-order valence-corrected chi connectivity index (χ0v) is 10.0. The minimum atomic E-state index is 0.624.